The Hall–Kier alpha value is -3.48. The summed E-state index contributed by atoms with van der Waals surface area (Å²) in [7, 11) is 1.88. The molecule has 0 saturated heterocycles. The number of halogens is 1. The fourth-order valence-electron chi connectivity index (χ4n) is 2.71. The highest BCUT2D eigenvalue weighted by Crippen LogP contribution is 2.20. The first-order chi connectivity index (χ1) is 12.6. The minimum Gasteiger partial charge on any atom is -0.345 e. The summed E-state index contributed by atoms with van der Waals surface area (Å²) >= 11 is 0. The molecule has 0 aliphatic carbocycles. The molecule has 7 heteroatoms. The van der Waals surface area contributed by atoms with E-state index >= 15 is 0 Å². The van der Waals surface area contributed by atoms with E-state index in [0.717, 1.165) is 17.1 Å². The molecular weight excluding hydrogens is 333 g/mol. The standard InChI is InChI=1S/C19H16FN5O/c1-24-9-8-21-18(24)10-22-19(26)14-4-7-17-23-16(12-25(17)11-14)13-2-5-15(20)6-3-13/h2-9,11-12H,10H2,1H3,(H,22,26). The van der Waals surface area contributed by atoms with E-state index in [4.69, 9.17) is 0 Å². The number of imidazole rings is 2. The summed E-state index contributed by atoms with van der Waals surface area (Å²) in [6.07, 6.45) is 7.06. The number of aryl methyl sites for hydroxylation is 1. The predicted molar refractivity (Wildman–Crippen MR) is 95.0 cm³/mol. The van der Waals surface area contributed by atoms with E-state index in [1.54, 1.807) is 41.1 Å². The lowest BCUT2D eigenvalue weighted by Crippen LogP contribution is -2.24. The zero-order valence-corrected chi connectivity index (χ0v) is 14.1. The van der Waals surface area contributed by atoms with Gasteiger partial charge in [0, 0.05) is 37.4 Å². The van der Waals surface area contributed by atoms with Crippen LogP contribution < -0.4 is 5.32 Å². The molecule has 0 bridgehead atoms. The van der Waals surface area contributed by atoms with Gasteiger partial charge in [-0.05, 0) is 36.4 Å². The first-order valence-electron chi connectivity index (χ1n) is 8.09. The SMILES string of the molecule is Cn1ccnc1CNC(=O)c1ccc2nc(-c3ccc(F)cc3)cn2c1. The number of aromatic nitrogens is 4. The number of hydrogen-bond acceptors (Lipinski definition) is 3. The molecule has 0 unspecified atom stereocenters. The topological polar surface area (TPSA) is 64.2 Å². The Morgan fingerprint density at radius 1 is 1.15 bits per heavy atom. The Morgan fingerprint density at radius 3 is 2.69 bits per heavy atom. The maximum Gasteiger partial charge on any atom is 0.253 e. The monoisotopic (exact) mass is 349 g/mol. The summed E-state index contributed by atoms with van der Waals surface area (Å²) < 4.78 is 16.7. The normalized spacial score (nSPS) is 11.0. The van der Waals surface area contributed by atoms with E-state index in [2.05, 4.69) is 15.3 Å². The largest absolute Gasteiger partial charge is 0.345 e. The lowest BCUT2D eigenvalue weighted by molar-refractivity contribution is 0.0949. The third-order valence-electron chi connectivity index (χ3n) is 4.18. The Bertz CT molecular complexity index is 1080. The number of benzene rings is 1. The molecule has 0 fully saturated rings. The summed E-state index contributed by atoms with van der Waals surface area (Å²) in [5, 5.41) is 2.85. The number of hydrogen-bond donors (Lipinski definition) is 1. The van der Waals surface area contributed by atoms with Gasteiger partial charge in [0.25, 0.3) is 5.91 Å². The van der Waals surface area contributed by atoms with E-state index in [1.165, 1.54) is 12.1 Å². The fraction of sp³-hybridized carbons (Fsp3) is 0.105. The average Bonchev–Trinajstić information content (AvgIpc) is 3.25. The van der Waals surface area contributed by atoms with Gasteiger partial charge in [0.2, 0.25) is 0 Å². The van der Waals surface area contributed by atoms with Gasteiger partial charge in [0.05, 0.1) is 17.8 Å². The molecule has 1 aromatic carbocycles. The van der Waals surface area contributed by atoms with E-state index in [0.29, 0.717) is 17.8 Å². The van der Waals surface area contributed by atoms with E-state index in [9.17, 15) is 9.18 Å². The quantitative estimate of drug-likeness (QED) is 0.616. The van der Waals surface area contributed by atoms with Crippen molar-refractivity contribution in [2.45, 2.75) is 6.54 Å². The summed E-state index contributed by atoms with van der Waals surface area (Å²) in [4.78, 5) is 21.1. The summed E-state index contributed by atoms with van der Waals surface area (Å²) in [6, 6.07) is 9.66. The molecular formula is C19H16FN5O. The van der Waals surface area contributed by atoms with Crippen LogP contribution in [0.2, 0.25) is 0 Å². The number of fused-ring (bicyclic) bond motifs is 1. The molecule has 4 rings (SSSR count). The van der Waals surface area contributed by atoms with Crippen LogP contribution in [0.25, 0.3) is 16.9 Å². The van der Waals surface area contributed by atoms with Crippen LogP contribution in [-0.4, -0.2) is 24.8 Å². The van der Waals surface area contributed by atoms with Crippen molar-refractivity contribution in [2.24, 2.45) is 7.05 Å². The van der Waals surface area contributed by atoms with Crippen LogP contribution in [0.5, 0.6) is 0 Å². The van der Waals surface area contributed by atoms with Crippen molar-refractivity contribution in [3.05, 3.63) is 78.4 Å². The Morgan fingerprint density at radius 2 is 1.96 bits per heavy atom. The Labute approximate surface area is 148 Å². The molecule has 3 heterocycles. The number of carbonyl (C=O) groups excluding carboxylic acids is 1. The van der Waals surface area contributed by atoms with Gasteiger partial charge in [-0.15, -0.1) is 0 Å². The van der Waals surface area contributed by atoms with Crippen molar-refractivity contribution >= 4 is 11.6 Å². The third-order valence-corrected chi connectivity index (χ3v) is 4.18. The highest BCUT2D eigenvalue weighted by molar-refractivity contribution is 5.94. The first kappa shape index (κ1) is 16.0. The summed E-state index contributed by atoms with van der Waals surface area (Å²) in [5.41, 5.74) is 2.77. The molecule has 6 nitrogen and oxygen atoms in total. The van der Waals surface area contributed by atoms with Gasteiger partial charge in [-0.3, -0.25) is 4.79 Å². The fourth-order valence-corrected chi connectivity index (χ4v) is 2.71. The molecule has 4 aromatic rings. The molecule has 0 aliphatic rings. The number of nitrogens with zero attached hydrogens (tertiary/aromatic N) is 4. The van der Waals surface area contributed by atoms with Crippen LogP contribution in [0, 0.1) is 5.82 Å². The van der Waals surface area contributed by atoms with Crippen LogP contribution in [0.3, 0.4) is 0 Å². The van der Waals surface area contributed by atoms with Crippen molar-refractivity contribution in [3.63, 3.8) is 0 Å². The number of nitrogens with one attached hydrogen (secondary N) is 1. The molecule has 0 radical (unpaired) electrons. The maximum absolute atomic E-state index is 13.1. The van der Waals surface area contributed by atoms with Crippen molar-refractivity contribution < 1.29 is 9.18 Å². The minimum atomic E-state index is -0.288. The maximum atomic E-state index is 13.1. The van der Waals surface area contributed by atoms with Crippen molar-refractivity contribution in [3.8, 4) is 11.3 Å². The molecule has 130 valence electrons. The molecule has 26 heavy (non-hydrogen) atoms. The number of amides is 1. The molecule has 1 amide bonds. The van der Waals surface area contributed by atoms with Crippen molar-refractivity contribution in [2.75, 3.05) is 0 Å². The second-order valence-electron chi connectivity index (χ2n) is 5.95. The minimum absolute atomic E-state index is 0.188. The second kappa shape index (κ2) is 6.44. The van der Waals surface area contributed by atoms with Gasteiger partial charge in [-0.1, -0.05) is 0 Å². The van der Waals surface area contributed by atoms with Gasteiger partial charge in [-0.2, -0.15) is 0 Å². The van der Waals surface area contributed by atoms with E-state index < -0.39 is 0 Å². The summed E-state index contributed by atoms with van der Waals surface area (Å²) in [5.74, 6) is 0.303. The van der Waals surface area contributed by atoms with Crippen molar-refractivity contribution in [1.82, 2.24) is 24.3 Å². The zero-order chi connectivity index (χ0) is 18.1. The molecule has 1 N–H and O–H groups in total. The van der Waals surface area contributed by atoms with Crippen LogP contribution in [0.4, 0.5) is 4.39 Å². The van der Waals surface area contributed by atoms with Crippen molar-refractivity contribution in [1.29, 1.82) is 0 Å². The Kier molecular flexibility index (Phi) is 3.96. The highest BCUT2D eigenvalue weighted by atomic mass is 19.1. The number of carbonyl (C=O) groups is 1. The van der Waals surface area contributed by atoms with Crippen LogP contribution in [-0.2, 0) is 13.6 Å². The molecule has 0 saturated carbocycles. The van der Waals surface area contributed by atoms with E-state index in [1.807, 2.05) is 24.0 Å². The third kappa shape index (κ3) is 3.06. The van der Waals surface area contributed by atoms with E-state index in [-0.39, 0.29) is 11.7 Å². The highest BCUT2D eigenvalue weighted by Gasteiger charge is 2.10. The van der Waals surface area contributed by atoms with Gasteiger partial charge in [0.15, 0.2) is 0 Å². The molecule has 3 aromatic heterocycles. The molecule has 0 atom stereocenters. The zero-order valence-electron chi connectivity index (χ0n) is 14.1. The Balaban J connectivity index is 1.56. The predicted octanol–water partition coefficient (Wildman–Crippen LogP) is 2.80. The smallest absolute Gasteiger partial charge is 0.253 e. The lowest BCUT2D eigenvalue weighted by atomic mass is 10.2. The average molecular weight is 349 g/mol. The second-order valence-corrected chi connectivity index (χ2v) is 5.95. The number of pyridine rings is 1. The summed E-state index contributed by atoms with van der Waals surface area (Å²) in [6.45, 7) is 0.352. The van der Waals surface area contributed by atoms with Crippen LogP contribution >= 0.6 is 0 Å². The van der Waals surface area contributed by atoms with Gasteiger partial charge in [0.1, 0.15) is 17.3 Å². The van der Waals surface area contributed by atoms with Crippen LogP contribution in [0.15, 0.2) is 61.2 Å². The van der Waals surface area contributed by atoms with Gasteiger partial charge < -0.3 is 14.3 Å². The van der Waals surface area contributed by atoms with Gasteiger partial charge >= 0.3 is 0 Å². The van der Waals surface area contributed by atoms with Crippen LogP contribution in [0.1, 0.15) is 16.2 Å². The number of rotatable bonds is 4. The molecule has 0 spiro atoms. The van der Waals surface area contributed by atoms with Gasteiger partial charge in [-0.25, -0.2) is 14.4 Å². The first-order valence-corrected chi connectivity index (χ1v) is 8.09. The molecule has 0 aliphatic heterocycles. The lowest BCUT2D eigenvalue weighted by Gasteiger charge is -2.05.